The lowest BCUT2D eigenvalue weighted by atomic mass is 10.1. The summed E-state index contributed by atoms with van der Waals surface area (Å²) in [7, 11) is 0. The van der Waals surface area contributed by atoms with Crippen LogP contribution in [-0.2, 0) is 9.53 Å². The zero-order chi connectivity index (χ0) is 18.4. The first-order chi connectivity index (χ1) is 11.9. The molecule has 5 heteroatoms. The van der Waals surface area contributed by atoms with Crippen LogP contribution in [0.15, 0.2) is 35.0 Å². The standard InChI is InChI=1S/C20H28N2O3/c1-6-24-20(23)13-16(5)21-19-8-7-11-22(19)18-10-9-17(12-15(18)4)25-14(2)3/h9-10,12-14H,6-8,11H2,1-5H3/b16-13+,21-19?. The molecule has 1 aliphatic heterocycles. The van der Waals surface area contributed by atoms with E-state index in [1.54, 1.807) is 6.92 Å². The van der Waals surface area contributed by atoms with Crippen molar-refractivity contribution in [3.63, 3.8) is 0 Å². The van der Waals surface area contributed by atoms with Crippen molar-refractivity contribution < 1.29 is 14.3 Å². The van der Waals surface area contributed by atoms with Gasteiger partial charge in [0.15, 0.2) is 0 Å². The summed E-state index contributed by atoms with van der Waals surface area (Å²) in [5.74, 6) is 1.52. The summed E-state index contributed by atoms with van der Waals surface area (Å²) in [6, 6.07) is 6.14. The van der Waals surface area contributed by atoms with Gasteiger partial charge in [0.1, 0.15) is 11.6 Å². The second-order valence-electron chi connectivity index (χ2n) is 6.44. The third-order valence-corrected chi connectivity index (χ3v) is 3.84. The fraction of sp³-hybridized carbons (Fsp3) is 0.500. The van der Waals surface area contributed by atoms with E-state index in [4.69, 9.17) is 9.47 Å². The van der Waals surface area contributed by atoms with E-state index in [-0.39, 0.29) is 12.1 Å². The van der Waals surface area contributed by atoms with E-state index in [9.17, 15) is 4.79 Å². The van der Waals surface area contributed by atoms with Crippen LogP contribution in [-0.4, -0.2) is 31.1 Å². The largest absolute Gasteiger partial charge is 0.491 e. The van der Waals surface area contributed by atoms with Gasteiger partial charge in [0, 0.05) is 30.4 Å². The van der Waals surface area contributed by atoms with Gasteiger partial charge in [-0.05, 0) is 64.8 Å². The number of carbonyl (C=O) groups excluding carboxylic acids is 1. The zero-order valence-corrected chi connectivity index (χ0v) is 15.8. The normalized spacial score (nSPS) is 16.6. The van der Waals surface area contributed by atoms with Crippen LogP contribution in [0.1, 0.15) is 46.1 Å². The molecule has 0 spiro atoms. The number of aryl methyl sites for hydroxylation is 1. The maximum absolute atomic E-state index is 11.6. The van der Waals surface area contributed by atoms with Gasteiger partial charge in [0.25, 0.3) is 0 Å². The van der Waals surface area contributed by atoms with E-state index in [0.29, 0.717) is 12.3 Å². The molecule has 1 aliphatic rings. The van der Waals surface area contributed by atoms with Crippen molar-refractivity contribution in [3.05, 3.63) is 35.5 Å². The molecule has 1 saturated heterocycles. The molecule has 0 radical (unpaired) electrons. The number of amidine groups is 1. The van der Waals surface area contributed by atoms with Crippen molar-refractivity contribution in [2.75, 3.05) is 18.1 Å². The van der Waals surface area contributed by atoms with Crippen LogP contribution in [0.2, 0.25) is 0 Å². The summed E-state index contributed by atoms with van der Waals surface area (Å²) < 4.78 is 10.7. The number of nitrogens with zero attached hydrogens (tertiary/aromatic N) is 2. The molecule has 0 unspecified atom stereocenters. The number of benzene rings is 1. The Bertz CT molecular complexity index is 678. The van der Waals surface area contributed by atoms with E-state index in [1.165, 1.54) is 6.08 Å². The Morgan fingerprint density at radius 2 is 2.16 bits per heavy atom. The molecule has 0 aliphatic carbocycles. The molecule has 5 nitrogen and oxygen atoms in total. The molecule has 0 saturated carbocycles. The summed E-state index contributed by atoms with van der Waals surface area (Å²) in [6.45, 7) is 11.0. The van der Waals surface area contributed by atoms with E-state index < -0.39 is 0 Å². The Labute approximate surface area is 150 Å². The Hall–Kier alpha value is -2.30. The molecular weight excluding hydrogens is 316 g/mol. The number of allylic oxidation sites excluding steroid dienone is 1. The molecule has 2 rings (SSSR count). The second-order valence-corrected chi connectivity index (χ2v) is 6.44. The van der Waals surface area contributed by atoms with Crippen LogP contribution < -0.4 is 9.64 Å². The quantitative estimate of drug-likeness (QED) is 0.572. The molecule has 0 bridgehead atoms. The third-order valence-electron chi connectivity index (χ3n) is 3.84. The summed E-state index contributed by atoms with van der Waals surface area (Å²) in [5.41, 5.74) is 2.95. The van der Waals surface area contributed by atoms with Crippen molar-refractivity contribution >= 4 is 17.5 Å². The molecule has 0 amide bonds. The van der Waals surface area contributed by atoms with Crippen LogP contribution in [0.5, 0.6) is 5.75 Å². The fourth-order valence-corrected chi connectivity index (χ4v) is 2.90. The first-order valence-corrected chi connectivity index (χ1v) is 8.88. The van der Waals surface area contributed by atoms with E-state index in [1.807, 2.05) is 26.8 Å². The van der Waals surface area contributed by atoms with Crippen molar-refractivity contribution in [2.45, 2.75) is 53.6 Å². The van der Waals surface area contributed by atoms with Gasteiger partial charge >= 0.3 is 5.97 Å². The van der Waals surface area contributed by atoms with Gasteiger partial charge in [0.05, 0.1) is 12.7 Å². The first-order valence-electron chi connectivity index (χ1n) is 8.88. The van der Waals surface area contributed by atoms with Gasteiger partial charge in [-0.15, -0.1) is 0 Å². The molecule has 0 aromatic heterocycles. The minimum Gasteiger partial charge on any atom is -0.491 e. The molecule has 1 fully saturated rings. The lowest BCUT2D eigenvalue weighted by Crippen LogP contribution is -2.25. The number of carbonyl (C=O) groups is 1. The van der Waals surface area contributed by atoms with Crippen LogP contribution >= 0.6 is 0 Å². The summed E-state index contributed by atoms with van der Waals surface area (Å²) in [4.78, 5) is 18.4. The van der Waals surface area contributed by atoms with Crippen LogP contribution in [0.3, 0.4) is 0 Å². The van der Waals surface area contributed by atoms with Crippen molar-refractivity contribution in [3.8, 4) is 5.75 Å². The monoisotopic (exact) mass is 344 g/mol. The topological polar surface area (TPSA) is 51.1 Å². The molecule has 25 heavy (non-hydrogen) atoms. The number of hydrogen-bond donors (Lipinski definition) is 0. The number of hydrogen-bond acceptors (Lipinski definition) is 4. The Balaban J connectivity index is 2.21. The average Bonchev–Trinajstić information content (AvgIpc) is 2.94. The Morgan fingerprint density at radius 1 is 1.40 bits per heavy atom. The van der Waals surface area contributed by atoms with Gasteiger partial charge in [-0.1, -0.05) is 0 Å². The Kier molecular flexibility index (Phi) is 6.62. The summed E-state index contributed by atoms with van der Waals surface area (Å²) in [6.07, 6.45) is 3.55. The van der Waals surface area contributed by atoms with Crippen molar-refractivity contribution in [2.24, 2.45) is 4.99 Å². The van der Waals surface area contributed by atoms with E-state index in [0.717, 1.165) is 42.2 Å². The van der Waals surface area contributed by atoms with E-state index in [2.05, 4.69) is 28.9 Å². The fourth-order valence-electron chi connectivity index (χ4n) is 2.90. The number of esters is 1. The molecule has 1 aromatic rings. The number of ether oxygens (including phenoxy) is 2. The highest BCUT2D eigenvalue weighted by Gasteiger charge is 2.22. The second kappa shape index (κ2) is 8.70. The highest BCUT2D eigenvalue weighted by molar-refractivity contribution is 6.01. The van der Waals surface area contributed by atoms with Gasteiger partial charge < -0.3 is 14.4 Å². The lowest BCUT2D eigenvalue weighted by molar-refractivity contribution is -0.137. The third kappa shape index (κ3) is 5.34. The highest BCUT2D eigenvalue weighted by atomic mass is 16.5. The average molecular weight is 344 g/mol. The molecule has 1 aromatic carbocycles. The first kappa shape index (κ1) is 19.0. The molecule has 0 atom stereocenters. The smallest absolute Gasteiger partial charge is 0.332 e. The number of anilines is 1. The van der Waals surface area contributed by atoms with Crippen molar-refractivity contribution in [1.82, 2.24) is 0 Å². The molecule has 1 heterocycles. The van der Waals surface area contributed by atoms with Gasteiger partial charge in [0.2, 0.25) is 0 Å². The van der Waals surface area contributed by atoms with Gasteiger partial charge in [-0.3, -0.25) is 0 Å². The predicted octanol–water partition coefficient (Wildman–Crippen LogP) is 4.25. The highest BCUT2D eigenvalue weighted by Crippen LogP contribution is 2.29. The lowest BCUT2D eigenvalue weighted by Gasteiger charge is -2.22. The van der Waals surface area contributed by atoms with Crippen molar-refractivity contribution in [1.29, 1.82) is 0 Å². The summed E-state index contributed by atoms with van der Waals surface area (Å²) in [5, 5.41) is 0. The predicted molar refractivity (Wildman–Crippen MR) is 101 cm³/mol. The van der Waals surface area contributed by atoms with Crippen LogP contribution in [0, 0.1) is 6.92 Å². The number of rotatable bonds is 6. The van der Waals surface area contributed by atoms with Gasteiger partial charge in [-0.25, -0.2) is 9.79 Å². The Morgan fingerprint density at radius 3 is 2.80 bits per heavy atom. The zero-order valence-electron chi connectivity index (χ0n) is 15.8. The van der Waals surface area contributed by atoms with E-state index >= 15 is 0 Å². The minimum absolute atomic E-state index is 0.157. The number of aliphatic imine (C=N–C) groups is 1. The molecular formula is C20H28N2O3. The maximum atomic E-state index is 11.6. The minimum atomic E-state index is -0.347. The maximum Gasteiger partial charge on any atom is 0.332 e. The van der Waals surface area contributed by atoms with Crippen LogP contribution in [0.4, 0.5) is 5.69 Å². The molecule has 0 N–H and O–H groups in total. The summed E-state index contributed by atoms with van der Waals surface area (Å²) >= 11 is 0. The van der Waals surface area contributed by atoms with Gasteiger partial charge in [-0.2, -0.15) is 0 Å². The SMILES string of the molecule is CCOC(=O)/C=C(\C)N=C1CCCN1c1ccc(OC(C)C)cc1C. The van der Waals surface area contributed by atoms with Crippen LogP contribution in [0.25, 0.3) is 0 Å². The molecule has 136 valence electrons.